The molecule has 0 aliphatic rings. The molecule has 192 valence electrons. The topological polar surface area (TPSA) is 86.7 Å². The molecule has 0 bridgehead atoms. The Morgan fingerprint density at radius 1 is 1.03 bits per heavy atom. The number of rotatable bonds is 10. The van der Waals surface area contributed by atoms with E-state index in [9.17, 15) is 19.3 Å². The van der Waals surface area contributed by atoms with Gasteiger partial charge in [-0.2, -0.15) is 0 Å². The molecule has 0 spiro atoms. The number of halogens is 1. The summed E-state index contributed by atoms with van der Waals surface area (Å²) >= 11 is 0. The Morgan fingerprint density at radius 2 is 1.68 bits per heavy atom. The lowest BCUT2D eigenvalue weighted by Crippen LogP contribution is -2.10. The van der Waals surface area contributed by atoms with E-state index in [2.05, 4.69) is 23.6 Å². The van der Waals surface area contributed by atoms with Crippen molar-refractivity contribution in [2.75, 3.05) is 0 Å². The lowest BCUT2D eigenvalue weighted by molar-refractivity contribution is -0.384. The zero-order valence-electron chi connectivity index (χ0n) is 21.2. The first-order valence-electron chi connectivity index (χ1n) is 12.5. The Bertz CT molecular complexity index is 1470. The summed E-state index contributed by atoms with van der Waals surface area (Å²) in [5, 5.41) is 17.2. The number of carbonyl (C=O) groups is 1. The van der Waals surface area contributed by atoms with Gasteiger partial charge < -0.3 is 9.40 Å². The van der Waals surface area contributed by atoms with E-state index in [-0.39, 0.29) is 5.69 Å². The Balaban J connectivity index is 1.92. The molecule has 8 heteroatoms. The van der Waals surface area contributed by atoms with Gasteiger partial charge in [0, 0.05) is 58.5 Å². The van der Waals surface area contributed by atoms with Crippen LogP contribution in [0.5, 0.6) is 0 Å². The van der Waals surface area contributed by atoms with Gasteiger partial charge in [-0.1, -0.05) is 44.3 Å². The van der Waals surface area contributed by atoms with Gasteiger partial charge in [0.1, 0.15) is 11.5 Å². The smallest absolute Gasteiger partial charge is 0.332 e. The summed E-state index contributed by atoms with van der Waals surface area (Å²) in [6, 6.07) is 16.5. The van der Waals surface area contributed by atoms with Crippen molar-refractivity contribution in [2.45, 2.75) is 53.0 Å². The van der Waals surface area contributed by atoms with Crippen LogP contribution in [0.3, 0.4) is 0 Å². The third kappa shape index (κ3) is 5.69. The number of nitrogens with zero attached hydrogens (tertiary/aromatic N) is 3. The van der Waals surface area contributed by atoms with E-state index < -0.39 is 16.7 Å². The van der Waals surface area contributed by atoms with E-state index in [1.165, 1.54) is 25.1 Å². The van der Waals surface area contributed by atoms with Crippen LogP contribution in [0.15, 0.2) is 65.8 Å². The van der Waals surface area contributed by atoms with Gasteiger partial charge in [0.05, 0.1) is 4.92 Å². The standard InChI is InChI=1S/C29H30FN3O4/c1-4-6-7-20(5-2)18-32-27-14-10-22(16-25(27)26-17-24(33(35)36)13-15-28(26)32)29(31-37-19(3)34)21-8-11-23(30)12-9-21/h8-17,20H,4-7,18H2,1-3H3. The van der Waals surface area contributed by atoms with Gasteiger partial charge in [-0.25, -0.2) is 9.18 Å². The van der Waals surface area contributed by atoms with Gasteiger partial charge >= 0.3 is 5.97 Å². The molecule has 7 nitrogen and oxygen atoms in total. The number of oxime groups is 1. The maximum atomic E-state index is 13.6. The van der Waals surface area contributed by atoms with Crippen LogP contribution in [-0.4, -0.2) is 21.2 Å². The molecule has 0 saturated heterocycles. The van der Waals surface area contributed by atoms with Gasteiger partial charge in [-0.3, -0.25) is 10.1 Å². The molecule has 3 aromatic carbocycles. The molecule has 0 saturated carbocycles. The number of benzene rings is 3. The maximum Gasteiger partial charge on any atom is 0.332 e. The average Bonchev–Trinajstić information content (AvgIpc) is 3.19. The Kier molecular flexibility index (Phi) is 7.96. The van der Waals surface area contributed by atoms with Crippen molar-refractivity contribution < 1.29 is 18.9 Å². The number of non-ortho nitro benzene ring substituents is 1. The quantitative estimate of drug-likeness (QED) is 0.0978. The third-order valence-electron chi connectivity index (χ3n) is 6.70. The molecule has 0 aliphatic carbocycles. The molecule has 1 unspecified atom stereocenters. The number of hydrogen-bond acceptors (Lipinski definition) is 5. The normalized spacial score (nSPS) is 12.7. The predicted octanol–water partition coefficient (Wildman–Crippen LogP) is 7.37. The van der Waals surface area contributed by atoms with E-state index in [4.69, 9.17) is 4.84 Å². The van der Waals surface area contributed by atoms with Crippen LogP contribution in [0.25, 0.3) is 21.8 Å². The van der Waals surface area contributed by atoms with Crippen LogP contribution in [0.1, 0.15) is 57.6 Å². The maximum absolute atomic E-state index is 13.6. The number of fused-ring (bicyclic) bond motifs is 3. The van der Waals surface area contributed by atoms with Crippen molar-refractivity contribution in [3.05, 3.63) is 87.7 Å². The minimum Gasteiger partial charge on any atom is -0.340 e. The highest BCUT2D eigenvalue weighted by molar-refractivity contribution is 6.17. The fourth-order valence-electron chi connectivity index (χ4n) is 4.71. The average molecular weight is 504 g/mol. The van der Waals surface area contributed by atoms with Crippen LogP contribution in [0.2, 0.25) is 0 Å². The minimum atomic E-state index is -0.578. The highest BCUT2D eigenvalue weighted by Gasteiger charge is 2.19. The summed E-state index contributed by atoms with van der Waals surface area (Å²) < 4.78 is 15.8. The van der Waals surface area contributed by atoms with E-state index >= 15 is 0 Å². The highest BCUT2D eigenvalue weighted by Crippen LogP contribution is 2.34. The number of hydrogen-bond donors (Lipinski definition) is 0. The first-order chi connectivity index (χ1) is 17.8. The molecule has 0 aliphatic heterocycles. The van der Waals surface area contributed by atoms with Crippen molar-refractivity contribution in [1.29, 1.82) is 0 Å². The Labute approximate surface area is 214 Å². The van der Waals surface area contributed by atoms with Gasteiger partial charge in [0.2, 0.25) is 0 Å². The number of nitro benzene ring substituents is 1. The molecule has 37 heavy (non-hydrogen) atoms. The second-order valence-corrected chi connectivity index (χ2v) is 9.25. The lowest BCUT2D eigenvalue weighted by Gasteiger charge is -2.17. The highest BCUT2D eigenvalue weighted by atomic mass is 19.1. The molecule has 4 rings (SSSR count). The molecule has 0 N–H and O–H groups in total. The second kappa shape index (κ2) is 11.3. The van der Waals surface area contributed by atoms with Crippen molar-refractivity contribution in [1.82, 2.24) is 4.57 Å². The monoisotopic (exact) mass is 503 g/mol. The first kappa shape index (κ1) is 26.0. The van der Waals surface area contributed by atoms with Crippen molar-refractivity contribution in [3.63, 3.8) is 0 Å². The van der Waals surface area contributed by atoms with Crippen molar-refractivity contribution in [2.24, 2.45) is 11.1 Å². The fourth-order valence-corrected chi connectivity index (χ4v) is 4.71. The number of aromatic nitrogens is 1. The summed E-state index contributed by atoms with van der Waals surface area (Å²) in [5.74, 6) is -0.491. The molecule has 1 heterocycles. The second-order valence-electron chi connectivity index (χ2n) is 9.25. The Hall–Kier alpha value is -4.07. The summed E-state index contributed by atoms with van der Waals surface area (Å²) in [6.45, 7) is 6.44. The number of unbranched alkanes of at least 4 members (excludes halogenated alkanes) is 1. The predicted molar refractivity (Wildman–Crippen MR) is 143 cm³/mol. The summed E-state index contributed by atoms with van der Waals surface area (Å²) in [6.07, 6.45) is 4.44. The zero-order chi connectivity index (χ0) is 26.5. The fraction of sp³-hybridized carbons (Fsp3) is 0.310. The van der Waals surface area contributed by atoms with E-state index in [0.717, 1.165) is 54.0 Å². The molecule has 4 aromatic rings. The first-order valence-corrected chi connectivity index (χ1v) is 12.5. The SMILES string of the molecule is CCCCC(CC)Cn1c2ccc(C(=NOC(C)=O)c3ccc(F)cc3)cc2c2cc([N+](=O)[O-])ccc21. The molecular formula is C29H30FN3O4. The molecule has 1 atom stereocenters. The summed E-state index contributed by atoms with van der Waals surface area (Å²) in [4.78, 5) is 27.6. The largest absolute Gasteiger partial charge is 0.340 e. The minimum absolute atomic E-state index is 0.0160. The van der Waals surface area contributed by atoms with Crippen LogP contribution < -0.4 is 0 Å². The van der Waals surface area contributed by atoms with E-state index in [1.807, 2.05) is 24.3 Å². The van der Waals surface area contributed by atoms with Gasteiger partial charge in [-0.05, 0) is 54.8 Å². The van der Waals surface area contributed by atoms with Crippen LogP contribution in [0.4, 0.5) is 10.1 Å². The van der Waals surface area contributed by atoms with Crippen LogP contribution >= 0.6 is 0 Å². The van der Waals surface area contributed by atoms with Crippen LogP contribution in [0, 0.1) is 21.8 Å². The van der Waals surface area contributed by atoms with Crippen molar-refractivity contribution >= 4 is 39.2 Å². The summed E-state index contributed by atoms with van der Waals surface area (Å²) in [5.41, 5.74) is 3.47. The molecule has 1 aromatic heterocycles. The lowest BCUT2D eigenvalue weighted by atomic mass is 9.99. The molecule has 0 radical (unpaired) electrons. The molecule has 0 fully saturated rings. The summed E-state index contributed by atoms with van der Waals surface area (Å²) in [7, 11) is 0. The van der Waals surface area contributed by atoms with Gasteiger partial charge in [0.15, 0.2) is 0 Å². The molecule has 0 amide bonds. The number of nitro groups is 1. The number of carbonyl (C=O) groups excluding carboxylic acids is 1. The molecular weight excluding hydrogens is 473 g/mol. The van der Waals surface area contributed by atoms with E-state index in [1.54, 1.807) is 18.2 Å². The zero-order valence-corrected chi connectivity index (χ0v) is 21.2. The van der Waals surface area contributed by atoms with Gasteiger partial charge in [-0.15, -0.1) is 0 Å². The van der Waals surface area contributed by atoms with Crippen LogP contribution in [-0.2, 0) is 16.2 Å². The van der Waals surface area contributed by atoms with Crippen molar-refractivity contribution in [3.8, 4) is 0 Å². The third-order valence-corrected chi connectivity index (χ3v) is 6.70. The van der Waals surface area contributed by atoms with Gasteiger partial charge in [0.25, 0.3) is 5.69 Å². The Morgan fingerprint density at radius 3 is 2.30 bits per heavy atom. The van der Waals surface area contributed by atoms with E-state index in [0.29, 0.717) is 22.8 Å².